The minimum absolute atomic E-state index is 0.170. The third-order valence-electron chi connectivity index (χ3n) is 3.49. The van der Waals surface area contributed by atoms with Crippen molar-refractivity contribution in [2.24, 2.45) is 7.05 Å². The summed E-state index contributed by atoms with van der Waals surface area (Å²) in [5.41, 5.74) is 1.34. The van der Waals surface area contributed by atoms with Crippen molar-refractivity contribution < 1.29 is 23.8 Å². The number of benzene rings is 1. The van der Waals surface area contributed by atoms with Crippen molar-refractivity contribution >= 4 is 17.6 Å². The van der Waals surface area contributed by atoms with Crippen molar-refractivity contribution in [1.82, 2.24) is 9.78 Å². The fourth-order valence-electron chi connectivity index (χ4n) is 2.30. The van der Waals surface area contributed by atoms with Crippen LogP contribution in [0.25, 0.3) is 0 Å². The van der Waals surface area contributed by atoms with E-state index in [2.05, 4.69) is 10.4 Å². The first-order chi connectivity index (χ1) is 11.4. The summed E-state index contributed by atoms with van der Waals surface area (Å²) in [6.07, 6.45) is 0. The first kappa shape index (κ1) is 17.3. The standard InChI is InChI=1S/C16H19N3O5/c1-9-13(14(16(21)24-5)19(2)18-9)17-15(20)10-6-7-11(22-3)12(8-10)23-4/h6-8H,1-5H3,(H,17,20). The predicted octanol–water partition coefficient (Wildman–Crippen LogP) is 1.78. The number of carbonyl (C=O) groups excluding carboxylic acids is 2. The molecule has 24 heavy (non-hydrogen) atoms. The van der Waals surface area contributed by atoms with Crippen LogP contribution in [0, 0.1) is 6.92 Å². The fraction of sp³-hybridized carbons (Fsp3) is 0.312. The maximum absolute atomic E-state index is 12.5. The molecule has 128 valence electrons. The van der Waals surface area contributed by atoms with Crippen molar-refractivity contribution in [3.8, 4) is 11.5 Å². The molecule has 8 nitrogen and oxygen atoms in total. The molecule has 1 amide bonds. The van der Waals surface area contributed by atoms with Gasteiger partial charge in [0, 0.05) is 12.6 Å². The SMILES string of the molecule is COC(=O)c1c(NC(=O)c2ccc(OC)c(OC)c2)c(C)nn1C. The molecule has 0 aliphatic heterocycles. The quantitative estimate of drug-likeness (QED) is 0.839. The van der Waals surface area contributed by atoms with Gasteiger partial charge < -0.3 is 19.5 Å². The van der Waals surface area contributed by atoms with E-state index in [1.54, 1.807) is 32.2 Å². The molecule has 8 heteroatoms. The summed E-state index contributed by atoms with van der Waals surface area (Å²) in [4.78, 5) is 24.4. The second kappa shape index (κ2) is 7.03. The monoisotopic (exact) mass is 333 g/mol. The number of anilines is 1. The lowest BCUT2D eigenvalue weighted by Gasteiger charge is -2.10. The van der Waals surface area contributed by atoms with E-state index in [0.717, 1.165) is 0 Å². The molecule has 0 unspecified atom stereocenters. The Labute approximate surface area is 139 Å². The molecule has 0 fully saturated rings. The molecule has 2 rings (SSSR count). The highest BCUT2D eigenvalue weighted by Gasteiger charge is 2.23. The number of rotatable bonds is 5. The average molecular weight is 333 g/mol. The minimum atomic E-state index is -0.583. The van der Waals surface area contributed by atoms with Gasteiger partial charge in [-0.2, -0.15) is 5.10 Å². The van der Waals surface area contributed by atoms with Crippen molar-refractivity contribution in [1.29, 1.82) is 0 Å². The van der Waals surface area contributed by atoms with E-state index >= 15 is 0 Å². The Kier molecular flexibility index (Phi) is 5.08. The highest BCUT2D eigenvalue weighted by Crippen LogP contribution is 2.28. The highest BCUT2D eigenvalue weighted by atomic mass is 16.5. The van der Waals surface area contributed by atoms with E-state index < -0.39 is 11.9 Å². The summed E-state index contributed by atoms with van der Waals surface area (Å²) in [6.45, 7) is 1.69. The molecule has 1 aromatic heterocycles. The van der Waals surface area contributed by atoms with Crippen LogP contribution in [0.15, 0.2) is 18.2 Å². The molecule has 2 aromatic rings. The van der Waals surface area contributed by atoms with Gasteiger partial charge in [0.2, 0.25) is 0 Å². The van der Waals surface area contributed by atoms with Crippen LogP contribution < -0.4 is 14.8 Å². The smallest absolute Gasteiger partial charge is 0.358 e. The van der Waals surface area contributed by atoms with Crippen LogP contribution in [0.4, 0.5) is 5.69 Å². The molecule has 1 aromatic carbocycles. The van der Waals surface area contributed by atoms with E-state index in [9.17, 15) is 9.59 Å². The fourth-order valence-corrected chi connectivity index (χ4v) is 2.30. The molecule has 0 radical (unpaired) electrons. The number of esters is 1. The Bertz CT molecular complexity index is 782. The minimum Gasteiger partial charge on any atom is -0.493 e. The van der Waals surface area contributed by atoms with E-state index in [0.29, 0.717) is 28.4 Å². The van der Waals surface area contributed by atoms with Crippen LogP contribution in [0.2, 0.25) is 0 Å². The number of carbonyl (C=O) groups is 2. The van der Waals surface area contributed by atoms with Crippen LogP contribution in [0.1, 0.15) is 26.5 Å². The Balaban J connectivity index is 2.35. The van der Waals surface area contributed by atoms with Crippen LogP contribution in [-0.4, -0.2) is 43.0 Å². The molecule has 0 aliphatic rings. The van der Waals surface area contributed by atoms with E-state index in [-0.39, 0.29) is 5.69 Å². The summed E-state index contributed by atoms with van der Waals surface area (Å²) < 4.78 is 16.4. The van der Waals surface area contributed by atoms with Gasteiger partial charge in [0.1, 0.15) is 0 Å². The number of hydrogen-bond acceptors (Lipinski definition) is 6. The highest BCUT2D eigenvalue weighted by molar-refractivity contribution is 6.08. The number of hydrogen-bond donors (Lipinski definition) is 1. The van der Waals surface area contributed by atoms with E-state index in [4.69, 9.17) is 14.2 Å². The number of aryl methyl sites for hydroxylation is 2. The van der Waals surface area contributed by atoms with Crippen molar-refractivity contribution in [3.63, 3.8) is 0 Å². The van der Waals surface area contributed by atoms with Crippen LogP contribution >= 0.6 is 0 Å². The maximum atomic E-state index is 12.5. The molecule has 0 bridgehead atoms. The molecular formula is C16H19N3O5. The zero-order valence-electron chi connectivity index (χ0n) is 14.2. The number of ether oxygens (including phenoxy) is 3. The van der Waals surface area contributed by atoms with Crippen LogP contribution in [-0.2, 0) is 11.8 Å². The largest absolute Gasteiger partial charge is 0.493 e. The lowest BCUT2D eigenvalue weighted by Crippen LogP contribution is -2.17. The molecule has 0 saturated carbocycles. The third kappa shape index (κ3) is 3.17. The van der Waals surface area contributed by atoms with Crippen LogP contribution in [0.3, 0.4) is 0 Å². The molecule has 1 heterocycles. The maximum Gasteiger partial charge on any atom is 0.358 e. The van der Waals surface area contributed by atoms with Gasteiger partial charge in [-0.1, -0.05) is 0 Å². The lowest BCUT2D eigenvalue weighted by atomic mass is 10.1. The first-order valence-electron chi connectivity index (χ1n) is 7.08. The molecule has 0 aliphatic carbocycles. The van der Waals surface area contributed by atoms with Gasteiger partial charge in [0.25, 0.3) is 5.91 Å². The normalized spacial score (nSPS) is 10.2. The summed E-state index contributed by atoms with van der Waals surface area (Å²) in [7, 11) is 5.87. The zero-order valence-corrected chi connectivity index (χ0v) is 14.2. The molecule has 0 spiro atoms. The number of amides is 1. The van der Waals surface area contributed by atoms with Gasteiger partial charge in [-0.3, -0.25) is 9.48 Å². The van der Waals surface area contributed by atoms with Crippen molar-refractivity contribution in [2.75, 3.05) is 26.6 Å². The lowest BCUT2D eigenvalue weighted by molar-refractivity contribution is 0.0589. The molecule has 0 saturated heterocycles. The van der Waals surface area contributed by atoms with Gasteiger partial charge in [-0.15, -0.1) is 0 Å². The second-order valence-corrected chi connectivity index (χ2v) is 4.95. The first-order valence-corrected chi connectivity index (χ1v) is 7.08. The van der Waals surface area contributed by atoms with E-state index in [1.165, 1.54) is 26.0 Å². The van der Waals surface area contributed by atoms with Gasteiger partial charge in [-0.25, -0.2) is 4.79 Å². The topological polar surface area (TPSA) is 91.7 Å². The van der Waals surface area contributed by atoms with Crippen molar-refractivity contribution in [2.45, 2.75) is 6.92 Å². The Hall–Kier alpha value is -3.03. The summed E-state index contributed by atoms with van der Waals surface area (Å²) in [5, 5.41) is 6.84. The van der Waals surface area contributed by atoms with Gasteiger partial charge in [0.15, 0.2) is 17.2 Å². The molecular weight excluding hydrogens is 314 g/mol. The van der Waals surface area contributed by atoms with Gasteiger partial charge in [-0.05, 0) is 25.1 Å². The summed E-state index contributed by atoms with van der Waals surface area (Å²) >= 11 is 0. The Morgan fingerprint density at radius 3 is 2.38 bits per heavy atom. The number of nitrogens with one attached hydrogen (secondary N) is 1. The second-order valence-electron chi connectivity index (χ2n) is 4.95. The zero-order chi connectivity index (χ0) is 17.9. The summed E-state index contributed by atoms with van der Waals surface area (Å²) in [5.74, 6) is -0.0407. The van der Waals surface area contributed by atoms with Crippen LogP contribution in [0.5, 0.6) is 11.5 Å². The summed E-state index contributed by atoms with van der Waals surface area (Å²) in [6, 6.07) is 4.78. The van der Waals surface area contributed by atoms with Gasteiger partial charge >= 0.3 is 5.97 Å². The van der Waals surface area contributed by atoms with E-state index in [1.807, 2.05) is 0 Å². The number of methoxy groups -OCH3 is 3. The number of aromatic nitrogens is 2. The Morgan fingerprint density at radius 2 is 1.79 bits per heavy atom. The number of nitrogens with zero attached hydrogens (tertiary/aromatic N) is 2. The molecule has 1 N–H and O–H groups in total. The van der Waals surface area contributed by atoms with Gasteiger partial charge in [0.05, 0.1) is 32.7 Å². The Morgan fingerprint density at radius 1 is 1.12 bits per heavy atom. The van der Waals surface area contributed by atoms with Crippen molar-refractivity contribution in [3.05, 3.63) is 35.2 Å². The molecule has 0 atom stereocenters. The average Bonchev–Trinajstić information content (AvgIpc) is 2.86. The third-order valence-corrected chi connectivity index (χ3v) is 3.49. The predicted molar refractivity (Wildman–Crippen MR) is 86.8 cm³/mol.